The van der Waals surface area contributed by atoms with Gasteiger partial charge in [0, 0.05) is 55.3 Å². The summed E-state index contributed by atoms with van der Waals surface area (Å²) in [6, 6.07) is 4.15. The highest BCUT2D eigenvalue weighted by Crippen LogP contribution is 2.24. The highest BCUT2D eigenvalue weighted by atomic mass is 15.4. The summed E-state index contributed by atoms with van der Waals surface area (Å²) in [5, 5.41) is 4.62. The maximum absolute atomic E-state index is 4.69. The summed E-state index contributed by atoms with van der Waals surface area (Å²) < 4.78 is 1.96. The Bertz CT molecular complexity index is 968. The standard InChI is InChI=1S/C19H25N7/c1-12-11-18(26-17(20-12)10-13(2)23-26)24-6-8-25(9-7-24)19-14(3)15(4)21-16(5)22-19/h10-11H,6-9H2,1-5H3. The first-order chi connectivity index (χ1) is 12.4. The van der Waals surface area contributed by atoms with E-state index in [1.165, 1.54) is 5.56 Å². The quantitative estimate of drug-likeness (QED) is 0.706. The molecule has 0 aliphatic carbocycles. The molecule has 1 aliphatic rings. The van der Waals surface area contributed by atoms with Crippen molar-refractivity contribution in [1.82, 2.24) is 24.6 Å². The van der Waals surface area contributed by atoms with Crippen molar-refractivity contribution in [1.29, 1.82) is 0 Å². The average molecular weight is 351 g/mol. The number of rotatable bonds is 2. The third-order valence-corrected chi connectivity index (χ3v) is 5.04. The molecule has 0 atom stereocenters. The number of fused-ring (bicyclic) bond motifs is 1. The molecule has 26 heavy (non-hydrogen) atoms. The van der Waals surface area contributed by atoms with Gasteiger partial charge in [-0.25, -0.2) is 15.0 Å². The highest BCUT2D eigenvalue weighted by molar-refractivity contribution is 5.54. The molecule has 136 valence electrons. The largest absolute Gasteiger partial charge is 0.353 e. The normalized spacial score (nSPS) is 15.1. The van der Waals surface area contributed by atoms with Crippen LogP contribution < -0.4 is 9.80 Å². The third-order valence-electron chi connectivity index (χ3n) is 5.04. The van der Waals surface area contributed by atoms with Gasteiger partial charge in [0.25, 0.3) is 0 Å². The van der Waals surface area contributed by atoms with Crippen LogP contribution in [0.5, 0.6) is 0 Å². The fourth-order valence-electron chi connectivity index (χ4n) is 3.63. The van der Waals surface area contributed by atoms with Gasteiger partial charge in [0.15, 0.2) is 5.65 Å². The van der Waals surface area contributed by atoms with Crippen LogP contribution in [0.15, 0.2) is 12.1 Å². The Balaban J connectivity index is 1.60. The lowest BCUT2D eigenvalue weighted by atomic mass is 10.2. The summed E-state index contributed by atoms with van der Waals surface area (Å²) in [6.07, 6.45) is 0. The van der Waals surface area contributed by atoms with Crippen LogP contribution in [0.4, 0.5) is 11.6 Å². The molecule has 1 fully saturated rings. The van der Waals surface area contributed by atoms with Crippen LogP contribution in [0.25, 0.3) is 5.65 Å². The van der Waals surface area contributed by atoms with Crippen molar-refractivity contribution in [2.45, 2.75) is 34.6 Å². The molecule has 0 bridgehead atoms. The molecule has 4 rings (SSSR count). The van der Waals surface area contributed by atoms with Crippen molar-refractivity contribution in [3.63, 3.8) is 0 Å². The minimum Gasteiger partial charge on any atom is -0.353 e. The van der Waals surface area contributed by atoms with Crippen molar-refractivity contribution >= 4 is 17.3 Å². The second kappa shape index (κ2) is 6.23. The summed E-state index contributed by atoms with van der Waals surface area (Å²) in [5.74, 6) is 3.02. The van der Waals surface area contributed by atoms with Crippen LogP contribution >= 0.6 is 0 Å². The van der Waals surface area contributed by atoms with E-state index in [-0.39, 0.29) is 0 Å². The van der Waals surface area contributed by atoms with Crippen LogP contribution in [0.3, 0.4) is 0 Å². The smallest absolute Gasteiger partial charge is 0.157 e. The molecule has 0 N–H and O–H groups in total. The van der Waals surface area contributed by atoms with E-state index in [9.17, 15) is 0 Å². The summed E-state index contributed by atoms with van der Waals surface area (Å²) in [4.78, 5) is 18.5. The zero-order chi connectivity index (χ0) is 18.4. The number of piperazine rings is 1. The number of hydrogen-bond acceptors (Lipinski definition) is 6. The lowest BCUT2D eigenvalue weighted by Gasteiger charge is -2.37. The Kier molecular flexibility index (Phi) is 4.01. The maximum Gasteiger partial charge on any atom is 0.157 e. The van der Waals surface area contributed by atoms with E-state index in [2.05, 4.69) is 44.8 Å². The minimum absolute atomic E-state index is 0.837. The molecular formula is C19H25N7. The molecule has 1 aliphatic heterocycles. The monoisotopic (exact) mass is 351 g/mol. The SMILES string of the molecule is Cc1cc(N2CCN(c3nc(C)nc(C)c3C)CC2)n2nc(C)cc2n1. The Labute approximate surface area is 153 Å². The van der Waals surface area contributed by atoms with Crippen molar-refractivity contribution in [3.05, 3.63) is 40.6 Å². The summed E-state index contributed by atoms with van der Waals surface area (Å²) in [6.45, 7) is 13.9. The number of aryl methyl sites for hydroxylation is 4. The molecule has 0 amide bonds. The third kappa shape index (κ3) is 2.87. The van der Waals surface area contributed by atoms with E-state index in [4.69, 9.17) is 4.98 Å². The van der Waals surface area contributed by atoms with Crippen LogP contribution in [0.1, 0.15) is 28.5 Å². The maximum atomic E-state index is 4.69. The van der Waals surface area contributed by atoms with Gasteiger partial charge in [0.05, 0.1) is 5.69 Å². The average Bonchev–Trinajstić information content (AvgIpc) is 2.97. The number of hydrogen-bond donors (Lipinski definition) is 0. The molecule has 0 aromatic carbocycles. The summed E-state index contributed by atoms with van der Waals surface area (Å²) in [5.41, 5.74) is 5.17. The Morgan fingerprint density at radius 1 is 0.769 bits per heavy atom. The second-order valence-electron chi connectivity index (χ2n) is 7.09. The van der Waals surface area contributed by atoms with E-state index >= 15 is 0 Å². The number of nitrogens with zero attached hydrogens (tertiary/aromatic N) is 7. The lowest BCUT2D eigenvalue weighted by molar-refractivity contribution is 0.629. The molecule has 7 nitrogen and oxygen atoms in total. The van der Waals surface area contributed by atoms with Gasteiger partial charge in [-0.1, -0.05) is 0 Å². The Morgan fingerprint density at radius 2 is 1.46 bits per heavy atom. The topological polar surface area (TPSA) is 62.5 Å². The van der Waals surface area contributed by atoms with E-state index in [0.29, 0.717) is 0 Å². The first kappa shape index (κ1) is 16.8. The minimum atomic E-state index is 0.837. The highest BCUT2D eigenvalue weighted by Gasteiger charge is 2.23. The molecule has 7 heteroatoms. The second-order valence-corrected chi connectivity index (χ2v) is 7.09. The van der Waals surface area contributed by atoms with Gasteiger partial charge in [-0.05, 0) is 34.6 Å². The van der Waals surface area contributed by atoms with Crippen molar-refractivity contribution in [2.24, 2.45) is 0 Å². The lowest BCUT2D eigenvalue weighted by Crippen LogP contribution is -2.47. The molecule has 0 saturated carbocycles. The molecule has 0 spiro atoms. The number of anilines is 2. The Morgan fingerprint density at radius 3 is 2.19 bits per heavy atom. The van der Waals surface area contributed by atoms with Gasteiger partial charge < -0.3 is 9.80 Å². The molecule has 3 aromatic heterocycles. The van der Waals surface area contributed by atoms with Crippen molar-refractivity contribution in [2.75, 3.05) is 36.0 Å². The predicted molar refractivity (Wildman–Crippen MR) is 103 cm³/mol. The Hall–Kier alpha value is -2.70. The zero-order valence-electron chi connectivity index (χ0n) is 16.1. The van der Waals surface area contributed by atoms with Crippen LogP contribution in [0, 0.1) is 34.6 Å². The summed E-state index contributed by atoms with van der Waals surface area (Å²) >= 11 is 0. The van der Waals surface area contributed by atoms with E-state index in [1.54, 1.807) is 0 Å². The first-order valence-electron chi connectivity index (χ1n) is 9.08. The fraction of sp³-hybridized carbons (Fsp3) is 0.474. The molecule has 3 aromatic rings. The van der Waals surface area contributed by atoms with Crippen LogP contribution in [-0.2, 0) is 0 Å². The molecule has 0 unspecified atom stereocenters. The molecular weight excluding hydrogens is 326 g/mol. The summed E-state index contributed by atoms with van der Waals surface area (Å²) in [7, 11) is 0. The zero-order valence-corrected chi connectivity index (χ0v) is 16.1. The predicted octanol–water partition coefficient (Wildman–Crippen LogP) is 2.39. The van der Waals surface area contributed by atoms with Gasteiger partial charge in [-0.3, -0.25) is 0 Å². The van der Waals surface area contributed by atoms with Crippen molar-refractivity contribution in [3.8, 4) is 0 Å². The van der Waals surface area contributed by atoms with Gasteiger partial charge in [-0.15, -0.1) is 0 Å². The van der Waals surface area contributed by atoms with Gasteiger partial charge in [0.2, 0.25) is 0 Å². The molecule has 0 radical (unpaired) electrons. The van der Waals surface area contributed by atoms with E-state index in [0.717, 1.165) is 66.4 Å². The van der Waals surface area contributed by atoms with Crippen LogP contribution in [-0.4, -0.2) is 50.7 Å². The van der Waals surface area contributed by atoms with E-state index in [1.807, 2.05) is 31.4 Å². The fourth-order valence-corrected chi connectivity index (χ4v) is 3.63. The van der Waals surface area contributed by atoms with Crippen LogP contribution in [0.2, 0.25) is 0 Å². The van der Waals surface area contributed by atoms with E-state index < -0.39 is 0 Å². The van der Waals surface area contributed by atoms with Gasteiger partial charge in [-0.2, -0.15) is 9.61 Å². The van der Waals surface area contributed by atoms with Crippen molar-refractivity contribution < 1.29 is 0 Å². The molecule has 1 saturated heterocycles. The van der Waals surface area contributed by atoms with Gasteiger partial charge in [0.1, 0.15) is 17.5 Å². The molecule has 4 heterocycles. The van der Waals surface area contributed by atoms with Gasteiger partial charge >= 0.3 is 0 Å². The first-order valence-corrected chi connectivity index (χ1v) is 9.08. The number of aromatic nitrogens is 5.